The maximum Gasteiger partial charge on any atom is 0.142 e. The topological polar surface area (TPSA) is 47.0 Å². The fourth-order valence-electron chi connectivity index (χ4n) is 1.81. The van der Waals surface area contributed by atoms with Gasteiger partial charge in [-0.1, -0.05) is 19.9 Å². The van der Waals surface area contributed by atoms with Gasteiger partial charge in [-0.3, -0.25) is 0 Å². The van der Waals surface area contributed by atoms with Crippen LogP contribution in [0.3, 0.4) is 0 Å². The summed E-state index contributed by atoms with van der Waals surface area (Å²) < 4.78 is 6.13. The van der Waals surface area contributed by atoms with Crippen LogP contribution in [0.5, 0.6) is 5.75 Å². The molecule has 0 saturated carbocycles. The van der Waals surface area contributed by atoms with E-state index in [0.29, 0.717) is 0 Å². The van der Waals surface area contributed by atoms with Crippen molar-refractivity contribution in [2.75, 3.05) is 12.4 Å². The van der Waals surface area contributed by atoms with Crippen molar-refractivity contribution in [3.8, 4) is 5.75 Å². The van der Waals surface area contributed by atoms with Crippen LogP contribution < -0.4 is 10.1 Å². The Bertz CT molecular complexity index is 614. The van der Waals surface area contributed by atoms with E-state index in [1.165, 1.54) is 0 Å². The number of ether oxygens (including phenoxy) is 1. The Hall–Kier alpha value is -1.62. The minimum absolute atomic E-state index is 0.271. The largest absolute Gasteiger partial charge is 0.495 e. The zero-order chi connectivity index (χ0) is 14.7. The summed E-state index contributed by atoms with van der Waals surface area (Å²) in [6, 6.07) is 7.84. The van der Waals surface area contributed by atoms with Crippen LogP contribution in [0.25, 0.3) is 0 Å². The van der Waals surface area contributed by atoms with Gasteiger partial charge in [0, 0.05) is 12.0 Å². The molecule has 0 spiro atoms. The maximum absolute atomic E-state index is 5.36. The third-order valence-corrected chi connectivity index (χ3v) is 3.25. The molecule has 1 heterocycles. The van der Waals surface area contributed by atoms with Crippen molar-refractivity contribution < 1.29 is 4.74 Å². The minimum Gasteiger partial charge on any atom is -0.495 e. The van der Waals surface area contributed by atoms with Crippen molar-refractivity contribution in [1.29, 1.82) is 0 Å². The number of nitrogens with zero attached hydrogens (tertiary/aromatic N) is 2. The van der Waals surface area contributed by atoms with Gasteiger partial charge in [0.05, 0.1) is 12.8 Å². The van der Waals surface area contributed by atoms with Crippen LogP contribution in [0.1, 0.15) is 31.2 Å². The number of methoxy groups -OCH3 is 1. The first-order valence-corrected chi connectivity index (χ1v) is 7.25. The first-order chi connectivity index (χ1) is 9.49. The molecular formula is C15H18BrN3O. The molecule has 0 unspecified atom stereocenters. The third-order valence-electron chi connectivity index (χ3n) is 2.85. The molecule has 1 N–H and O–H groups in total. The number of aromatic nitrogens is 2. The molecule has 2 aromatic rings. The van der Waals surface area contributed by atoms with Gasteiger partial charge in [-0.15, -0.1) is 0 Å². The molecule has 2 rings (SSSR count). The van der Waals surface area contributed by atoms with Gasteiger partial charge in [0.2, 0.25) is 0 Å². The summed E-state index contributed by atoms with van der Waals surface area (Å²) in [5.41, 5.74) is 2.05. The lowest BCUT2D eigenvalue weighted by atomic mass is 10.2. The molecule has 5 heteroatoms. The smallest absolute Gasteiger partial charge is 0.142 e. The average molecular weight is 336 g/mol. The van der Waals surface area contributed by atoms with Crippen LogP contribution in [0.15, 0.2) is 28.9 Å². The van der Waals surface area contributed by atoms with E-state index in [0.717, 1.165) is 33.2 Å². The fraction of sp³-hybridized carbons (Fsp3) is 0.333. The molecule has 0 bridgehead atoms. The third kappa shape index (κ3) is 3.48. The average Bonchev–Trinajstić information content (AvgIpc) is 2.38. The van der Waals surface area contributed by atoms with Gasteiger partial charge in [-0.05, 0) is 40.5 Å². The molecule has 0 fully saturated rings. The highest BCUT2D eigenvalue weighted by Gasteiger charge is 2.09. The number of nitrogens with one attached hydrogen (secondary N) is 1. The fourth-order valence-corrected chi connectivity index (χ4v) is 2.21. The van der Waals surface area contributed by atoms with Crippen LogP contribution >= 0.6 is 15.9 Å². The summed E-state index contributed by atoms with van der Waals surface area (Å²) >= 11 is 3.42. The molecule has 4 nitrogen and oxygen atoms in total. The van der Waals surface area contributed by atoms with Gasteiger partial charge in [-0.25, -0.2) is 9.97 Å². The Kier molecular flexibility index (Phi) is 4.60. The normalized spacial score (nSPS) is 10.7. The molecule has 0 aliphatic heterocycles. The van der Waals surface area contributed by atoms with E-state index in [1.54, 1.807) is 7.11 Å². The first-order valence-electron chi connectivity index (χ1n) is 6.45. The van der Waals surface area contributed by atoms with E-state index in [-0.39, 0.29) is 5.92 Å². The van der Waals surface area contributed by atoms with Crippen LogP contribution in [0, 0.1) is 6.92 Å². The Balaban J connectivity index is 2.37. The predicted molar refractivity (Wildman–Crippen MR) is 84.8 cm³/mol. The van der Waals surface area contributed by atoms with Gasteiger partial charge in [0.25, 0.3) is 0 Å². The summed E-state index contributed by atoms with van der Waals surface area (Å²) in [4.78, 5) is 8.90. The van der Waals surface area contributed by atoms with Gasteiger partial charge in [0.1, 0.15) is 22.0 Å². The SMILES string of the molecule is COc1ccc(C)cc1Nc1cc(Br)nc(C(C)C)n1. The van der Waals surface area contributed by atoms with Crippen molar-refractivity contribution in [2.45, 2.75) is 26.7 Å². The number of hydrogen-bond donors (Lipinski definition) is 1. The highest BCUT2D eigenvalue weighted by molar-refractivity contribution is 9.10. The molecule has 0 aliphatic carbocycles. The number of anilines is 2. The Morgan fingerprint density at radius 2 is 1.95 bits per heavy atom. The maximum atomic E-state index is 5.36. The lowest BCUT2D eigenvalue weighted by Gasteiger charge is -2.13. The van der Waals surface area contributed by atoms with Crippen molar-refractivity contribution in [3.63, 3.8) is 0 Å². The second kappa shape index (κ2) is 6.22. The van der Waals surface area contributed by atoms with Crippen molar-refractivity contribution in [2.24, 2.45) is 0 Å². The van der Waals surface area contributed by atoms with Gasteiger partial charge < -0.3 is 10.1 Å². The van der Waals surface area contributed by atoms with E-state index in [2.05, 4.69) is 45.1 Å². The monoisotopic (exact) mass is 335 g/mol. The van der Waals surface area contributed by atoms with Crippen LogP contribution in [-0.2, 0) is 0 Å². The highest BCUT2D eigenvalue weighted by Crippen LogP contribution is 2.29. The number of halogens is 1. The summed E-state index contributed by atoms with van der Waals surface area (Å²) in [5, 5.41) is 3.29. The molecule has 1 aromatic carbocycles. The van der Waals surface area contributed by atoms with Crippen LogP contribution in [0.4, 0.5) is 11.5 Å². The Morgan fingerprint density at radius 3 is 2.60 bits per heavy atom. The van der Waals surface area contributed by atoms with E-state index < -0.39 is 0 Å². The highest BCUT2D eigenvalue weighted by atomic mass is 79.9. The second-order valence-electron chi connectivity index (χ2n) is 4.92. The number of benzene rings is 1. The standard InChI is InChI=1S/C15H18BrN3O/c1-9(2)15-18-13(16)8-14(19-15)17-11-7-10(3)5-6-12(11)20-4/h5-9H,1-4H3,(H,17,18,19). The molecule has 0 aliphatic rings. The van der Waals surface area contributed by atoms with Gasteiger partial charge in [-0.2, -0.15) is 0 Å². The van der Waals surface area contributed by atoms with Gasteiger partial charge >= 0.3 is 0 Å². The number of aryl methyl sites for hydroxylation is 1. The van der Waals surface area contributed by atoms with Crippen molar-refractivity contribution in [1.82, 2.24) is 9.97 Å². The Labute approximate surface area is 127 Å². The molecule has 20 heavy (non-hydrogen) atoms. The number of hydrogen-bond acceptors (Lipinski definition) is 4. The zero-order valence-corrected chi connectivity index (χ0v) is 13.7. The van der Waals surface area contributed by atoms with Crippen molar-refractivity contribution >= 4 is 27.4 Å². The van der Waals surface area contributed by atoms with Crippen LogP contribution in [0.2, 0.25) is 0 Å². The lowest BCUT2D eigenvalue weighted by molar-refractivity contribution is 0.416. The van der Waals surface area contributed by atoms with E-state index >= 15 is 0 Å². The Morgan fingerprint density at radius 1 is 1.20 bits per heavy atom. The quantitative estimate of drug-likeness (QED) is 0.840. The van der Waals surface area contributed by atoms with Crippen molar-refractivity contribution in [3.05, 3.63) is 40.3 Å². The summed E-state index contributed by atoms with van der Waals surface area (Å²) in [6.07, 6.45) is 0. The zero-order valence-electron chi connectivity index (χ0n) is 12.1. The number of rotatable bonds is 4. The van der Waals surface area contributed by atoms with E-state index in [9.17, 15) is 0 Å². The molecule has 106 valence electrons. The summed E-state index contributed by atoms with van der Waals surface area (Å²) in [7, 11) is 1.66. The minimum atomic E-state index is 0.271. The van der Waals surface area contributed by atoms with E-state index in [1.807, 2.05) is 31.2 Å². The van der Waals surface area contributed by atoms with Crippen LogP contribution in [-0.4, -0.2) is 17.1 Å². The molecule has 0 atom stereocenters. The molecule has 0 radical (unpaired) electrons. The molecule has 0 amide bonds. The summed E-state index contributed by atoms with van der Waals surface area (Å²) in [5.74, 6) is 2.61. The van der Waals surface area contributed by atoms with Gasteiger partial charge in [0.15, 0.2) is 0 Å². The molecular weight excluding hydrogens is 318 g/mol. The summed E-state index contributed by atoms with van der Waals surface area (Å²) in [6.45, 7) is 6.18. The predicted octanol–water partition coefficient (Wildman–Crippen LogP) is 4.42. The molecule has 0 saturated heterocycles. The molecule has 1 aromatic heterocycles. The lowest BCUT2D eigenvalue weighted by Crippen LogP contribution is -2.03. The van der Waals surface area contributed by atoms with E-state index in [4.69, 9.17) is 4.74 Å². The first kappa shape index (κ1) is 14.8. The second-order valence-corrected chi connectivity index (χ2v) is 5.73.